The van der Waals surface area contributed by atoms with Gasteiger partial charge >= 0.3 is 6.09 Å². The first-order valence-corrected chi connectivity index (χ1v) is 7.93. The molecule has 2 aromatic carbocycles. The van der Waals surface area contributed by atoms with Gasteiger partial charge in [0, 0.05) is 7.05 Å². The lowest BCUT2D eigenvalue weighted by Gasteiger charge is -2.21. The highest BCUT2D eigenvalue weighted by atomic mass is 16.7. The van der Waals surface area contributed by atoms with E-state index in [0.29, 0.717) is 0 Å². The van der Waals surface area contributed by atoms with E-state index in [9.17, 15) is 9.59 Å². The van der Waals surface area contributed by atoms with Gasteiger partial charge in [-0.3, -0.25) is 9.63 Å². The third-order valence-corrected chi connectivity index (χ3v) is 3.71. The van der Waals surface area contributed by atoms with Gasteiger partial charge in [0.15, 0.2) is 0 Å². The monoisotopic (exact) mass is 342 g/mol. The van der Waals surface area contributed by atoms with Crippen LogP contribution >= 0.6 is 0 Å². The summed E-state index contributed by atoms with van der Waals surface area (Å²) in [7, 11) is 2.94. The van der Waals surface area contributed by atoms with Gasteiger partial charge in [-0.15, -0.1) is 0 Å². The molecule has 0 spiro atoms. The molecule has 1 atom stereocenters. The summed E-state index contributed by atoms with van der Waals surface area (Å²) in [4.78, 5) is 29.2. The van der Waals surface area contributed by atoms with Gasteiger partial charge in [-0.1, -0.05) is 60.7 Å². The Morgan fingerprint density at radius 1 is 1.04 bits per heavy atom. The summed E-state index contributed by atoms with van der Waals surface area (Å²) in [5.74, 6) is -0.250. The molecule has 0 aliphatic carbocycles. The molecule has 0 unspecified atom stereocenters. The Hall–Kier alpha value is -2.86. The fourth-order valence-corrected chi connectivity index (χ4v) is 2.25. The Kier molecular flexibility index (Phi) is 6.98. The molecular formula is C19H22N2O4. The third kappa shape index (κ3) is 5.93. The SMILES string of the molecule is CON(C)C(=O)C[C@H](NC(=O)OCc1ccccc1)c1ccccc1. The average molecular weight is 342 g/mol. The zero-order chi connectivity index (χ0) is 18.1. The highest BCUT2D eigenvalue weighted by Crippen LogP contribution is 2.18. The second kappa shape index (κ2) is 9.44. The Bertz CT molecular complexity index is 676. The number of amides is 2. The molecule has 2 rings (SSSR count). The largest absolute Gasteiger partial charge is 0.445 e. The highest BCUT2D eigenvalue weighted by molar-refractivity contribution is 5.77. The molecule has 2 amide bonds. The number of carbonyl (C=O) groups excluding carboxylic acids is 2. The van der Waals surface area contributed by atoms with Gasteiger partial charge < -0.3 is 10.1 Å². The number of hydroxylamine groups is 2. The van der Waals surface area contributed by atoms with E-state index < -0.39 is 12.1 Å². The van der Waals surface area contributed by atoms with Crippen molar-refractivity contribution >= 4 is 12.0 Å². The number of nitrogens with zero attached hydrogens (tertiary/aromatic N) is 1. The molecule has 1 N–H and O–H groups in total. The average Bonchev–Trinajstić information content (AvgIpc) is 2.66. The summed E-state index contributed by atoms with van der Waals surface area (Å²) in [5.41, 5.74) is 1.71. The number of hydrogen-bond acceptors (Lipinski definition) is 4. The summed E-state index contributed by atoms with van der Waals surface area (Å²) in [6.45, 7) is 0.167. The minimum Gasteiger partial charge on any atom is -0.445 e. The van der Waals surface area contributed by atoms with Crippen LogP contribution in [0.25, 0.3) is 0 Å². The van der Waals surface area contributed by atoms with Crippen LogP contribution in [0.2, 0.25) is 0 Å². The maximum absolute atomic E-state index is 12.1. The number of ether oxygens (including phenoxy) is 1. The van der Waals surface area contributed by atoms with E-state index in [2.05, 4.69) is 5.32 Å². The van der Waals surface area contributed by atoms with Crippen molar-refractivity contribution in [3.63, 3.8) is 0 Å². The van der Waals surface area contributed by atoms with Crippen molar-refractivity contribution in [2.45, 2.75) is 19.1 Å². The predicted octanol–water partition coefficient (Wildman–Crippen LogP) is 3.06. The van der Waals surface area contributed by atoms with Crippen LogP contribution in [0.5, 0.6) is 0 Å². The molecule has 6 nitrogen and oxygen atoms in total. The fraction of sp³-hybridized carbons (Fsp3) is 0.263. The van der Waals surface area contributed by atoms with Crippen molar-refractivity contribution in [3.8, 4) is 0 Å². The molecule has 25 heavy (non-hydrogen) atoms. The van der Waals surface area contributed by atoms with Crippen LogP contribution in [-0.2, 0) is 21.0 Å². The number of alkyl carbamates (subject to hydrolysis) is 1. The summed E-state index contributed by atoms with van der Waals surface area (Å²) in [6, 6.07) is 18.2. The first-order valence-electron chi connectivity index (χ1n) is 7.93. The molecule has 0 aliphatic rings. The standard InChI is InChI=1S/C19H22N2O4/c1-21(24-2)18(22)13-17(16-11-7-4-8-12-16)20-19(23)25-14-15-9-5-3-6-10-15/h3-12,17H,13-14H2,1-2H3,(H,20,23)/t17-/m0/s1. The van der Waals surface area contributed by atoms with E-state index in [0.717, 1.165) is 16.2 Å². The number of rotatable bonds is 7. The molecule has 0 saturated heterocycles. The lowest BCUT2D eigenvalue weighted by Crippen LogP contribution is -2.34. The molecular weight excluding hydrogens is 320 g/mol. The molecule has 0 bridgehead atoms. The van der Waals surface area contributed by atoms with Gasteiger partial charge in [0.25, 0.3) is 0 Å². The minimum atomic E-state index is -0.578. The first kappa shape index (κ1) is 18.5. The van der Waals surface area contributed by atoms with Crippen molar-refractivity contribution in [3.05, 3.63) is 71.8 Å². The predicted molar refractivity (Wildman–Crippen MR) is 93.3 cm³/mol. The third-order valence-electron chi connectivity index (χ3n) is 3.71. The first-order chi connectivity index (χ1) is 12.1. The van der Waals surface area contributed by atoms with Crippen LogP contribution in [0.1, 0.15) is 23.6 Å². The van der Waals surface area contributed by atoms with Gasteiger partial charge in [0.05, 0.1) is 19.6 Å². The highest BCUT2D eigenvalue weighted by Gasteiger charge is 2.21. The van der Waals surface area contributed by atoms with Crippen LogP contribution in [0.3, 0.4) is 0 Å². The zero-order valence-electron chi connectivity index (χ0n) is 14.3. The topological polar surface area (TPSA) is 67.9 Å². The van der Waals surface area contributed by atoms with Crippen LogP contribution in [-0.4, -0.2) is 31.2 Å². The summed E-state index contributed by atoms with van der Waals surface area (Å²) in [5, 5.41) is 3.88. The molecule has 2 aromatic rings. The van der Waals surface area contributed by atoms with Crippen molar-refractivity contribution < 1.29 is 19.2 Å². The lowest BCUT2D eigenvalue weighted by molar-refractivity contribution is -0.169. The summed E-state index contributed by atoms with van der Waals surface area (Å²) < 4.78 is 5.24. The molecule has 0 saturated carbocycles. The molecule has 0 fully saturated rings. The maximum Gasteiger partial charge on any atom is 0.407 e. The Morgan fingerprint density at radius 3 is 2.24 bits per heavy atom. The Morgan fingerprint density at radius 2 is 1.64 bits per heavy atom. The number of nitrogens with one attached hydrogen (secondary N) is 1. The number of benzene rings is 2. The molecule has 0 aliphatic heterocycles. The Balaban J connectivity index is 2.00. The number of hydrogen-bond donors (Lipinski definition) is 1. The second-order valence-electron chi connectivity index (χ2n) is 5.45. The van der Waals surface area contributed by atoms with Crippen molar-refractivity contribution in [1.29, 1.82) is 0 Å². The van der Waals surface area contributed by atoms with E-state index in [4.69, 9.17) is 9.57 Å². The van der Waals surface area contributed by atoms with Gasteiger partial charge in [-0.2, -0.15) is 0 Å². The van der Waals surface area contributed by atoms with Crippen molar-refractivity contribution in [2.24, 2.45) is 0 Å². The van der Waals surface area contributed by atoms with Crippen LogP contribution < -0.4 is 5.32 Å². The second-order valence-corrected chi connectivity index (χ2v) is 5.45. The fourth-order valence-electron chi connectivity index (χ4n) is 2.25. The van der Waals surface area contributed by atoms with Crippen LogP contribution in [0.15, 0.2) is 60.7 Å². The molecule has 0 aromatic heterocycles. The van der Waals surface area contributed by atoms with Crippen molar-refractivity contribution in [2.75, 3.05) is 14.2 Å². The van der Waals surface area contributed by atoms with E-state index in [1.807, 2.05) is 60.7 Å². The Labute approximate surface area is 147 Å². The lowest BCUT2D eigenvalue weighted by atomic mass is 10.0. The number of carbonyl (C=O) groups is 2. The van der Waals surface area contributed by atoms with Gasteiger partial charge in [-0.05, 0) is 11.1 Å². The van der Waals surface area contributed by atoms with Gasteiger partial charge in [0.1, 0.15) is 6.61 Å². The molecule has 6 heteroatoms. The van der Waals surface area contributed by atoms with Gasteiger partial charge in [0.2, 0.25) is 5.91 Å². The smallest absolute Gasteiger partial charge is 0.407 e. The molecule has 0 radical (unpaired) electrons. The van der Waals surface area contributed by atoms with E-state index in [1.54, 1.807) is 0 Å². The minimum absolute atomic E-state index is 0.0643. The maximum atomic E-state index is 12.1. The summed E-state index contributed by atoms with van der Waals surface area (Å²) >= 11 is 0. The summed E-state index contributed by atoms with van der Waals surface area (Å²) in [6.07, 6.45) is -0.514. The van der Waals surface area contributed by atoms with Crippen LogP contribution in [0.4, 0.5) is 4.79 Å². The quantitative estimate of drug-likeness (QED) is 0.785. The molecule has 132 valence electrons. The van der Waals surface area contributed by atoms with E-state index >= 15 is 0 Å². The van der Waals surface area contributed by atoms with E-state index in [-0.39, 0.29) is 18.9 Å². The molecule has 0 heterocycles. The van der Waals surface area contributed by atoms with Crippen molar-refractivity contribution in [1.82, 2.24) is 10.4 Å². The van der Waals surface area contributed by atoms with Crippen LogP contribution in [0, 0.1) is 0 Å². The van der Waals surface area contributed by atoms with Gasteiger partial charge in [-0.25, -0.2) is 9.86 Å². The zero-order valence-corrected chi connectivity index (χ0v) is 14.3. The normalized spacial score (nSPS) is 11.4. The van der Waals surface area contributed by atoms with E-state index in [1.165, 1.54) is 14.2 Å².